The van der Waals surface area contributed by atoms with Gasteiger partial charge in [0.2, 0.25) is 0 Å². The van der Waals surface area contributed by atoms with Gasteiger partial charge < -0.3 is 9.47 Å². The number of alkyl halides is 1. The molecule has 0 aromatic carbocycles. The Morgan fingerprint density at radius 3 is 2.10 bits per heavy atom. The SMILES string of the molecule is CC1(OC(=O)COC(=O)CBr)C2CC3CC(C2)CC1C3. The molecular formula is C15H21BrO4. The number of ether oxygens (including phenoxy) is 2. The summed E-state index contributed by atoms with van der Waals surface area (Å²) in [5.41, 5.74) is -0.342. The first-order valence-corrected chi connectivity index (χ1v) is 8.56. The molecule has 4 saturated carbocycles. The summed E-state index contributed by atoms with van der Waals surface area (Å²) in [4.78, 5) is 23.0. The molecule has 0 heterocycles. The number of rotatable bonds is 4. The van der Waals surface area contributed by atoms with Crippen molar-refractivity contribution in [2.45, 2.75) is 44.6 Å². The van der Waals surface area contributed by atoms with E-state index in [0.717, 1.165) is 11.8 Å². The van der Waals surface area contributed by atoms with Gasteiger partial charge in [-0.3, -0.25) is 4.79 Å². The van der Waals surface area contributed by atoms with Crippen LogP contribution in [0.25, 0.3) is 0 Å². The van der Waals surface area contributed by atoms with Gasteiger partial charge in [-0.2, -0.15) is 0 Å². The van der Waals surface area contributed by atoms with Crippen molar-refractivity contribution in [1.82, 2.24) is 0 Å². The fourth-order valence-corrected chi connectivity index (χ4v) is 4.90. The highest BCUT2D eigenvalue weighted by molar-refractivity contribution is 9.09. The summed E-state index contributed by atoms with van der Waals surface area (Å²) < 4.78 is 10.6. The van der Waals surface area contributed by atoms with Gasteiger partial charge in [0.1, 0.15) is 10.9 Å². The molecule has 4 rings (SSSR count). The Balaban J connectivity index is 1.61. The summed E-state index contributed by atoms with van der Waals surface area (Å²) in [5, 5.41) is 0.103. The second kappa shape index (κ2) is 5.32. The van der Waals surface area contributed by atoms with Crippen molar-refractivity contribution >= 4 is 27.9 Å². The fourth-order valence-electron chi connectivity index (χ4n) is 4.74. The topological polar surface area (TPSA) is 52.6 Å². The van der Waals surface area contributed by atoms with Crippen molar-refractivity contribution < 1.29 is 19.1 Å². The molecule has 0 saturated heterocycles. The van der Waals surface area contributed by atoms with Crippen LogP contribution in [0.1, 0.15) is 39.0 Å². The van der Waals surface area contributed by atoms with Crippen LogP contribution >= 0.6 is 15.9 Å². The molecule has 0 amide bonds. The van der Waals surface area contributed by atoms with Gasteiger partial charge in [-0.1, -0.05) is 15.9 Å². The molecule has 112 valence electrons. The molecule has 0 radical (unpaired) electrons. The molecule has 0 atom stereocenters. The molecule has 5 heteroatoms. The van der Waals surface area contributed by atoms with Crippen molar-refractivity contribution in [2.24, 2.45) is 23.7 Å². The smallest absolute Gasteiger partial charge is 0.344 e. The highest BCUT2D eigenvalue weighted by Gasteiger charge is 2.57. The largest absolute Gasteiger partial charge is 0.456 e. The van der Waals surface area contributed by atoms with E-state index in [1.54, 1.807) is 0 Å². The van der Waals surface area contributed by atoms with Crippen LogP contribution in [0.3, 0.4) is 0 Å². The summed E-state index contributed by atoms with van der Waals surface area (Å²) in [6.45, 7) is 1.82. The predicted octanol–water partition coefficient (Wildman–Crippen LogP) is 2.68. The molecule has 0 N–H and O–H groups in total. The summed E-state index contributed by atoms with van der Waals surface area (Å²) in [6.07, 6.45) is 6.14. The number of halogens is 1. The first-order valence-electron chi connectivity index (χ1n) is 7.44. The third kappa shape index (κ3) is 2.49. The van der Waals surface area contributed by atoms with Crippen molar-refractivity contribution in [2.75, 3.05) is 11.9 Å². The maximum absolute atomic E-state index is 11.9. The van der Waals surface area contributed by atoms with E-state index < -0.39 is 11.9 Å². The lowest BCUT2D eigenvalue weighted by atomic mass is 9.50. The Kier molecular flexibility index (Phi) is 3.82. The van der Waals surface area contributed by atoms with E-state index in [2.05, 4.69) is 22.9 Å². The average Bonchev–Trinajstić information content (AvgIpc) is 2.41. The zero-order valence-electron chi connectivity index (χ0n) is 11.8. The van der Waals surface area contributed by atoms with Gasteiger partial charge in [-0.25, -0.2) is 4.79 Å². The molecule has 0 aliphatic heterocycles. The standard InChI is InChI=1S/C15H21BrO4/c1-15(20-14(18)8-19-13(17)7-16)11-3-9-2-10(5-11)6-12(15)4-9/h9-12H,2-8H2,1H3. The molecule has 4 aliphatic rings. The van der Waals surface area contributed by atoms with Crippen LogP contribution in [-0.4, -0.2) is 29.5 Å². The van der Waals surface area contributed by atoms with Gasteiger partial charge in [0.15, 0.2) is 6.61 Å². The van der Waals surface area contributed by atoms with E-state index in [9.17, 15) is 9.59 Å². The van der Waals surface area contributed by atoms with Crippen LogP contribution in [0.2, 0.25) is 0 Å². The van der Waals surface area contributed by atoms with Gasteiger partial charge in [0.05, 0.1) is 0 Å². The lowest BCUT2D eigenvalue weighted by Gasteiger charge is -2.59. The molecule has 4 nitrogen and oxygen atoms in total. The fraction of sp³-hybridized carbons (Fsp3) is 0.867. The average molecular weight is 345 g/mol. The highest BCUT2D eigenvalue weighted by atomic mass is 79.9. The zero-order valence-corrected chi connectivity index (χ0v) is 13.4. The number of esters is 2. The number of carbonyl (C=O) groups is 2. The van der Waals surface area contributed by atoms with E-state index in [-0.39, 0.29) is 17.5 Å². The van der Waals surface area contributed by atoms with Crippen molar-refractivity contribution in [3.05, 3.63) is 0 Å². The minimum atomic E-state index is -0.433. The summed E-state index contributed by atoms with van der Waals surface area (Å²) >= 11 is 3.00. The molecule has 0 spiro atoms. The molecule has 20 heavy (non-hydrogen) atoms. The Bertz CT molecular complexity index is 392. The summed E-state index contributed by atoms with van der Waals surface area (Å²) in [5.74, 6) is 1.83. The molecular weight excluding hydrogens is 324 g/mol. The van der Waals surface area contributed by atoms with E-state index in [4.69, 9.17) is 9.47 Å². The molecule has 0 unspecified atom stereocenters. The number of hydrogen-bond donors (Lipinski definition) is 0. The molecule has 4 bridgehead atoms. The van der Waals surface area contributed by atoms with Gasteiger partial charge in [-0.05, 0) is 62.7 Å². The highest BCUT2D eigenvalue weighted by Crippen LogP contribution is 2.59. The minimum Gasteiger partial charge on any atom is -0.456 e. The zero-order chi connectivity index (χ0) is 14.3. The second-order valence-electron chi connectivity index (χ2n) is 6.76. The van der Waals surface area contributed by atoms with Crippen LogP contribution in [0.4, 0.5) is 0 Å². The third-order valence-electron chi connectivity index (χ3n) is 5.55. The summed E-state index contributed by atoms with van der Waals surface area (Å²) in [6, 6.07) is 0. The Morgan fingerprint density at radius 2 is 1.60 bits per heavy atom. The molecule has 0 aromatic heterocycles. The second-order valence-corrected chi connectivity index (χ2v) is 7.32. The first kappa shape index (κ1) is 14.4. The molecule has 4 fully saturated rings. The Labute approximate surface area is 127 Å². The Hall–Kier alpha value is -0.580. The molecule has 0 aromatic rings. The Morgan fingerprint density at radius 1 is 1.05 bits per heavy atom. The number of carbonyl (C=O) groups excluding carboxylic acids is 2. The predicted molar refractivity (Wildman–Crippen MR) is 76.3 cm³/mol. The van der Waals surface area contributed by atoms with Gasteiger partial charge >= 0.3 is 11.9 Å². The van der Waals surface area contributed by atoms with E-state index in [1.807, 2.05) is 0 Å². The van der Waals surface area contributed by atoms with Gasteiger partial charge in [-0.15, -0.1) is 0 Å². The maximum atomic E-state index is 11.9. The van der Waals surface area contributed by atoms with Crippen LogP contribution < -0.4 is 0 Å². The van der Waals surface area contributed by atoms with Gasteiger partial charge in [0, 0.05) is 0 Å². The minimum absolute atomic E-state index is 0.103. The van der Waals surface area contributed by atoms with Crippen molar-refractivity contribution in [1.29, 1.82) is 0 Å². The van der Waals surface area contributed by atoms with E-state index in [0.29, 0.717) is 11.8 Å². The number of hydrogen-bond acceptors (Lipinski definition) is 4. The maximum Gasteiger partial charge on any atom is 0.344 e. The summed E-state index contributed by atoms with van der Waals surface area (Å²) in [7, 11) is 0. The first-order chi connectivity index (χ1) is 9.51. The van der Waals surface area contributed by atoms with Crippen molar-refractivity contribution in [3.63, 3.8) is 0 Å². The third-order valence-corrected chi connectivity index (χ3v) is 6.01. The molecule has 4 aliphatic carbocycles. The normalized spacial score (nSPS) is 41.5. The van der Waals surface area contributed by atoms with Crippen LogP contribution in [-0.2, 0) is 19.1 Å². The van der Waals surface area contributed by atoms with Gasteiger partial charge in [0.25, 0.3) is 0 Å². The van der Waals surface area contributed by atoms with E-state index >= 15 is 0 Å². The lowest BCUT2D eigenvalue weighted by molar-refractivity contribution is -0.207. The van der Waals surface area contributed by atoms with E-state index in [1.165, 1.54) is 32.1 Å². The van der Waals surface area contributed by atoms with Crippen LogP contribution in [0.15, 0.2) is 0 Å². The monoisotopic (exact) mass is 344 g/mol. The van der Waals surface area contributed by atoms with Crippen LogP contribution in [0.5, 0.6) is 0 Å². The lowest BCUT2D eigenvalue weighted by Crippen LogP contribution is -2.58. The quantitative estimate of drug-likeness (QED) is 0.581. The van der Waals surface area contributed by atoms with Crippen molar-refractivity contribution in [3.8, 4) is 0 Å². The van der Waals surface area contributed by atoms with Crippen LogP contribution in [0, 0.1) is 23.7 Å².